The van der Waals surface area contributed by atoms with E-state index >= 15 is 0 Å². The van der Waals surface area contributed by atoms with Crippen LogP contribution >= 0.6 is 0 Å². The van der Waals surface area contributed by atoms with Crippen LogP contribution in [0.3, 0.4) is 0 Å². The maximum absolute atomic E-state index is 11.3. The minimum absolute atomic E-state index is 0.0239. The molecule has 0 unspecified atom stereocenters. The number of aryl methyl sites for hydroxylation is 2. The van der Waals surface area contributed by atoms with E-state index < -0.39 is 11.7 Å². The Kier molecular flexibility index (Phi) is 2.55. The normalized spacial score (nSPS) is 10.5. The van der Waals surface area contributed by atoms with Crippen LogP contribution in [0.1, 0.15) is 16.1 Å². The third-order valence-electron chi connectivity index (χ3n) is 2.44. The van der Waals surface area contributed by atoms with Crippen molar-refractivity contribution in [2.75, 3.05) is 0 Å². The van der Waals surface area contributed by atoms with Crippen LogP contribution in [-0.4, -0.2) is 25.6 Å². The average molecular weight is 233 g/mol. The predicted molar refractivity (Wildman–Crippen MR) is 61.0 cm³/mol. The van der Waals surface area contributed by atoms with Crippen LogP contribution in [-0.2, 0) is 7.05 Å². The zero-order valence-electron chi connectivity index (χ0n) is 9.39. The monoisotopic (exact) mass is 233 g/mol. The van der Waals surface area contributed by atoms with Crippen LogP contribution < -0.4 is 5.69 Å². The molecule has 0 spiro atoms. The quantitative estimate of drug-likeness (QED) is 0.802. The first-order chi connectivity index (χ1) is 7.99. The topological polar surface area (TPSA) is 88.0 Å². The molecule has 2 rings (SSSR count). The second-order valence-electron chi connectivity index (χ2n) is 3.76. The summed E-state index contributed by atoms with van der Waals surface area (Å²) in [5.41, 5.74) is 0.581. The summed E-state index contributed by atoms with van der Waals surface area (Å²) in [4.78, 5) is 28.6. The molecule has 2 heterocycles. The van der Waals surface area contributed by atoms with Crippen LogP contribution in [0, 0.1) is 6.92 Å². The molecule has 2 aromatic rings. The average Bonchev–Trinajstić information content (AvgIpc) is 2.62. The van der Waals surface area contributed by atoms with Gasteiger partial charge in [-0.3, -0.25) is 0 Å². The molecule has 0 saturated heterocycles. The summed E-state index contributed by atoms with van der Waals surface area (Å²) in [5, 5.41) is 9.14. The molecule has 0 fully saturated rings. The van der Waals surface area contributed by atoms with Crippen molar-refractivity contribution in [2.24, 2.45) is 7.05 Å². The van der Waals surface area contributed by atoms with Gasteiger partial charge >= 0.3 is 11.7 Å². The summed E-state index contributed by atoms with van der Waals surface area (Å²) >= 11 is 0. The van der Waals surface area contributed by atoms with Crippen LogP contribution in [0.15, 0.2) is 23.3 Å². The second kappa shape index (κ2) is 3.89. The largest absolute Gasteiger partial charge is 0.478 e. The lowest BCUT2D eigenvalue weighted by Crippen LogP contribution is -2.18. The molecule has 0 aliphatic heterocycles. The van der Waals surface area contributed by atoms with Crippen molar-refractivity contribution >= 4 is 5.97 Å². The van der Waals surface area contributed by atoms with Crippen molar-refractivity contribution in [1.82, 2.24) is 14.5 Å². The Morgan fingerprint density at radius 3 is 2.76 bits per heavy atom. The molecule has 0 atom stereocenters. The van der Waals surface area contributed by atoms with Gasteiger partial charge < -0.3 is 14.7 Å². The van der Waals surface area contributed by atoms with Crippen LogP contribution in [0.5, 0.6) is 0 Å². The maximum atomic E-state index is 11.3. The summed E-state index contributed by atoms with van der Waals surface area (Å²) in [5.74, 6) is -1.11. The van der Waals surface area contributed by atoms with E-state index in [9.17, 15) is 9.59 Å². The fourth-order valence-electron chi connectivity index (χ4n) is 1.70. The van der Waals surface area contributed by atoms with Gasteiger partial charge in [0.25, 0.3) is 0 Å². The summed E-state index contributed by atoms with van der Waals surface area (Å²) < 4.78 is 1.76. The van der Waals surface area contributed by atoms with E-state index in [2.05, 4.69) is 9.97 Å². The molecular weight excluding hydrogens is 222 g/mol. The lowest BCUT2D eigenvalue weighted by molar-refractivity contribution is 0.0696. The number of nitrogens with zero attached hydrogens (tertiary/aromatic N) is 2. The summed E-state index contributed by atoms with van der Waals surface area (Å²) in [6, 6.07) is 1.72. The highest BCUT2D eigenvalue weighted by Gasteiger charge is 2.18. The minimum Gasteiger partial charge on any atom is -0.478 e. The molecule has 17 heavy (non-hydrogen) atoms. The predicted octanol–water partition coefficient (Wildman–Crippen LogP) is 0.782. The lowest BCUT2D eigenvalue weighted by Gasteiger charge is -2.05. The van der Waals surface area contributed by atoms with E-state index in [1.165, 1.54) is 0 Å². The Labute approximate surface area is 96.6 Å². The number of hydrogen-bond acceptors (Lipinski definition) is 3. The van der Waals surface area contributed by atoms with Crippen LogP contribution in [0.4, 0.5) is 0 Å². The van der Waals surface area contributed by atoms with Gasteiger partial charge in [0.15, 0.2) is 0 Å². The van der Waals surface area contributed by atoms with E-state index in [0.29, 0.717) is 11.3 Å². The number of aromatic carboxylic acids is 1. The lowest BCUT2D eigenvalue weighted by atomic mass is 10.1. The van der Waals surface area contributed by atoms with E-state index in [4.69, 9.17) is 5.11 Å². The van der Waals surface area contributed by atoms with Gasteiger partial charge in [-0.2, -0.15) is 4.98 Å². The van der Waals surface area contributed by atoms with Gasteiger partial charge in [0.05, 0.1) is 5.69 Å². The van der Waals surface area contributed by atoms with E-state index in [1.54, 1.807) is 30.0 Å². The molecule has 0 radical (unpaired) electrons. The minimum atomic E-state index is -1.11. The molecule has 6 heteroatoms. The van der Waals surface area contributed by atoms with Crippen LogP contribution in [0.2, 0.25) is 0 Å². The van der Waals surface area contributed by atoms with Gasteiger partial charge in [-0.05, 0) is 13.0 Å². The first-order valence-electron chi connectivity index (χ1n) is 4.95. The highest BCUT2D eigenvalue weighted by atomic mass is 16.4. The number of H-pyrrole nitrogens is 1. The van der Waals surface area contributed by atoms with Crippen LogP contribution in [0.25, 0.3) is 11.3 Å². The van der Waals surface area contributed by atoms with Crippen molar-refractivity contribution in [3.05, 3.63) is 40.2 Å². The van der Waals surface area contributed by atoms with Crippen molar-refractivity contribution in [3.8, 4) is 11.3 Å². The summed E-state index contributed by atoms with van der Waals surface area (Å²) in [6.07, 6.45) is 3.48. The molecule has 0 aliphatic carbocycles. The fourth-order valence-corrected chi connectivity index (χ4v) is 1.70. The first-order valence-corrected chi connectivity index (χ1v) is 4.95. The Morgan fingerprint density at radius 1 is 1.53 bits per heavy atom. The molecule has 6 nitrogen and oxygen atoms in total. The molecule has 0 saturated carbocycles. The summed E-state index contributed by atoms with van der Waals surface area (Å²) in [6.45, 7) is 1.54. The maximum Gasteiger partial charge on any atom is 0.345 e. The van der Waals surface area contributed by atoms with Crippen molar-refractivity contribution in [1.29, 1.82) is 0 Å². The first kappa shape index (κ1) is 11.1. The molecule has 0 amide bonds. The number of nitrogens with one attached hydrogen (secondary N) is 1. The molecule has 88 valence electrons. The third kappa shape index (κ3) is 1.96. The highest BCUT2D eigenvalue weighted by molar-refractivity contribution is 5.95. The fraction of sp³-hybridized carbons (Fsp3) is 0.182. The number of aromatic amines is 1. The zero-order valence-corrected chi connectivity index (χ0v) is 9.39. The van der Waals surface area contributed by atoms with Gasteiger partial charge in [-0.25, -0.2) is 9.59 Å². The van der Waals surface area contributed by atoms with Gasteiger partial charge in [-0.15, -0.1) is 0 Å². The third-order valence-corrected chi connectivity index (χ3v) is 2.44. The Hall–Kier alpha value is -2.37. The van der Waals surface area contributed by atoms with E-state index in [-0.39, 0.29) is 11.3 Å². The molecule has 2 N–H and O–H groups in total. The van der Waals surface area contributed by atoms with E-state index in [0.717, 1.165) is 0 Å². The Morgan fingerprint density at radius 2 is 2.24 bits per heavy atom. The number of carbonyl (C=O) groups is 1. The van der Waals surface area contributed by atoms with Crippen molar-refractivity contribution in [2.45, 2.75) is 6.92 Å². The van der Waals surface area contributed by atoms with Gasteiger partial charge in [0.1, 0.15) is 5.56 Å². The number of aromatic nitrogens is 3. The Balaban J connectivity index is 2.75. The molecule has 2 aromatic heterocycles. The molecule has 0 aromatic carbocycles. The Bertz CT molecular complexity index is 640. The SMILES string of the molecule is Cc1[nH]c(=O)nc(-c2ccn(C)c2)c1C(=O)O. The van der Waals surface area contributed by atoms with E-state index in [1.807, 2.05) is 7.05 Å². The van der Waals surface area contributed by atoms with Crippen molar-refractivity contribution < 1.29 is 9.90 Å². The van der Waals surface area contributed by atoms with Gasteiger partial charge in [0, 0.05) is 30.7 Å². The van der Waals surface area contributed by atoms with Gasteiger partial charge in [0.2, 0.25) is 0 Å². The van der Waals surface area contributed by atoms with Gasteiger partial charge in [-0.1, -0.05) is 0 Å². The number of carboxylic acid groups (broad SMARTS) is 1. The number of rotatable bonds is 2. The summed E-state index contributed by atoms with van der Waals surface area (Å²) in [7, 11) is 1.81. The number of hydrogen-bond donors (Lipinski definition) is 2. The smallest absolute Gasteiger partial charge is 0.345 e. The molecule has 0 bridgehead atoms. The number of carboxylic acids is 1. The highest BCUT2D eigenvalue weighted by Crippen LogP contribution is 2.21. The second-order valence-corrected chi connectivity index (χ2v) is 3.76. The van der Waals surface area contributed by atoms with Crippen molar-refractivity contribution in [3.63, 3.8) is 0 Å². The zero-order chi connectivity index (χ0) is 12.6. The molecular formula is C11H11N3O3. The molecule has 0 aliphatic rings. The standard InChI is InChI=1S/C11H11N3O3/c1-6-8(10(15)16)9(13-11(17)12-6)7-3-4-14(2)5-7/h3-5H,1-2H3,(H,15,16)(H,12,13,17).